The van der Waals surface area contributed by atoms with Crippen LogP contribution >= 0.6 is 0 Å². The molecule has 0 aliphatic carbocycles. The number of esters is 2. The van der Waals surface area contributed by atoms with Crippen LogP contribution in [-0.4, -0.2) is 28.2 Å². The summed E-state index contributed by atoms with van der Waals surface area (Å²) < 4.78 is 16.3. The molecule has 3 aromatic carbocycles. The Morgan fingerprint density at radius 1 is 0.758 bits per heavy atom. The highest BCUT2D eigenvalue weighted by Gasteiger charge is 2.13. The third-order valence-corrected chi connectivity index (χ3v) is 4.72. The number of rotatable bonds is 7. The lowest BCUT2D eigenvalue weighted by Gasteiger charge is -2.09. The molecule has 0 aliphatic heterocycles. The van der Waals surface area contributed by atoms with Crippen molar-refractivity contribution in [2.45, 2.75) is 26.6 Å². The van der Waals surface area contributed by atoms with Crippen LogP contribution < -0.4 is 0 Å². The first-order chi connectivity index (χ1) is 16.0. The van der Waals surface area contributed by atoms with Crippen molar-refractivity contribution in [1.82, 2.24) is 10.2 Å². The van der Waals surface area contributed by atoms with Crippen LogP contribution in [0.5, 0.6) is 0 Å². The molecule has 4 rings (SSSR count). The Bertz CT molecular complexity index is 1230. The molecule has 7 nitrogen and oxygen atoms in total. The van der Waals surface area contributed by atoms with E-state index in [0.29, 0.717) is 28.5 Å². The van der Waals surface area contributed by atoms with Gasteiger partial charge in [-0.25, -0.2) is 9.59 Å². The predicted molar refractivity (Wildman–Crippen MR) is 121 cm³/mol. The summed E-state index contributed by atoms with van der Waals surface area (Å²) in [4.78, 5) is 24.3. The zero-order valence-corrected chi connectivity index (χ0v) is 18.2. The Hall–Kier alpha value is -4.26. The van der Waals surface area contributed by atoms with Gasteiger partial charge in [0.2, 0.25) is 11.8 Å². The first-order valence-corrected chi connectivity index (χ1v) is 10.5. The minimum Gasteiger partial charge on any atom is -0.459 e. The highest BCUT2D eigenvalue weighted by Crippen LogP contribution is 2.24. The van der Waals surface area contributed by atoms with Crippen molar-refractivity contribution in [3.8, 4) is 22.9 Å². The largest absolute Gasteiger partial charge is 0.459 e. The fourth-order valence-electron chi connectivity index (χ4n) is 3.04. The number of carbonyl (C=O) groups excluding carboxylic acids is 2. The summed E-state index contributed by atoms with van der Waals surface area (Å²) >= 11 is 0. The molecule has 0 aliphatic rings. The van der Waals surface area contributed by atoms with Gasteiger partial charge in [-0.2, -0.15) is 0 Å². The van der Waals surface area contributed by atoms with Gasteiger partial charge in [0.05, 0.1) is 17.2 Å². The quantitative estimate of drug-likeness (QED) is 0.357. The van der Waals surface area contributed by atoms with E-state index in [1.165, 1.54) is 0 Å². The van der Waals surface area contributed by atoms with Gasteiger partial charge in [-0.15, -0.1) is 10.2 Å². The molecule has 1 heterocycles. The second-order valence-electron chi connectivity index (χ2n) is 7.58. The molecule has 33 heavy (non-hydrogen) atoms. The van der Waals surface area contributed by atoms with Crippen molar-refractivity contribution in [1.29, 1.82) is 0 Å². The first-order valence-electron chi connectivity index (χ1n) is 10.5. The third kappa shape index (κ3) is 5.51. The number of benzene rings is 3. The van der Waals surface area contributed by atoms with Gasteiger partial charge in [0.15, 0.2) is 0 Å². The van der Waals surface area contributed by atoms with Crippen LogP contribution in [0.1, 0.15) is 40.1 Å². The maximum absolute atomic E-state index is 12.4. The normalized spacial score (nSPS) is 10.8. The third-order valence-electron chi connectivity index (χ3n) is 4.72. The van der Waals surface area contributed by atoms with Crippen LogP contribution in [-0.2, 0) is 16.1 Å². The summed E-state index contributed by atoms with van der Waals surface area (Å²) in [5, 5.41) is 8.16. The van der Waals surface area contributed by atoms with E-state index in [-0.39, 0.29) is 18.7 Å². The summed E-state index contributed by atoms with van der Waals surface area (Å²) in [6, 6.07) is 23.0. The minimum absolute atomic E-state index is 0.0875. The van der Waals surface area contributed by atoms with Crippen LogP contribution in [0.3, 0.4) is 0 Å². The van der Waals surface area contributed by atoms with Crippen LogP contribution in [0.2, 0.25) is 0 Å². The van der Waals surface area contributed by atoms with Crippen molar-refractivity contribution in [3.63, 3.8) is 0 Å². The monoisotopic (exact) mass is 442 g/mol. The number of ether oxygens (including phenoxy) is 2. The fourth-order valence-corrected chi connectivity index (χ4v) is 3.04. The lowest BCUT2D eigenvalue weighted by molar-refractivity contribution is 0.0376. The van der Waals surface area contributed by atoms with Gasteiger partial charge in [-0.3, -0.25) is 0 Å². The molecule has 7 heteroatoms. The van der Waals surface area contributed by atoms with Crippen LogP contribution in [0.4, 0.5) is 0 Å². The molecule has 0 radical (unpaired) electrons. The van der Waals surface area contributed by atoms with E-state index >= 15 is 0 Å². The summed E-state index contributed by atoms with van der Waals surface area (Å²) in [6.45, 7) is 3.68. The van der Waals surface area contributed by atoms with Crippen LogP contribution in [0.25, 0.3) is 22.9 Å². The Balaban J connectivity index is 1.35. The number of aromatic nitrogens is 2. The molecule has 166 valence electrons. The van der Waals surface area contributed by atoms with Gasteiger partial charge < -0.3 is 13.9 Å². The minimum atomic E-state index is -0.458. The predicted octanol–water partition coefficient (Wildman–Crippen LogP) is 5.33. The highest BCUT2D eigenvalue weighted by molar-refractivity contribution is 5.90. The lowest BCUT2D eigenvalue weighted by Crippen LogP contribution is -2.11. The SMILES string of the molecule is CC(C)OC(=O)c1ccc(COC(=O)c2ccc(-c3nnc(-c4ccccc4)o3)cc2)cc1. The molecule has 0 unspecified atom stereocenters. The van der Waals surface area contributed by atoms with E-state index in [1.54, 1.807) is 62.4 Å². The van der Waals surface area contributed by atoms with E-state index in [0.717, 1.165) is 11.1 Å². The maximum atomic E-state index is 12.4. The molecule has 1 aromatic heterocycles. The Morgan fingerprint density at radius 3 is 1.91 bits per heavy atom. The lowest BCUT2D eigenvalue weighted by atomic mass is 10.1. The molecule has 0 amide bonds. The first kappa shape index (κ1) is 22.0. The number of hydrogen-bond donors (Lipinski definition) is 0. The smallest absolute Gasteiger partial charge is 0.338 e. The number of nitrogens with zero attached hydrogens (tertiary/aromatic N) is 2. The Labute approximate surface area is 191 Å². The molecule has 0 atom stereocenters. The van der Waals surface area contributed by atoms with Gasteiger partial charge in [-0.05, 0) is 67.9 Å². The van der Waals surface area contributed by atoms with E-state index in [4.69, 9.17) is 13.9 Å². The van der Waals surface area contributed by atoms with Crippen molar-refractivity contribution < 1.29 is 23.5 Å². The molecule has 0 bridgehead atoms. The van der Waals surface area contributed by atoms with Gasteiger partial charge in [-0.1, -0.05) is 30.3 Å². The highest BCUT2D eigenvalue weighted by atomic mass is 16.5. The molecule has 0 saturated heterocycles. The summed E-state index contributed by atoms with van der Waals surface area (Å²) in [5.41, 5.74) is 3.15. The molecular formula is C26H22N2O5. The van der Waals surface area contributed by atoms with E-state index in [2.05, 4.69) is 10.2 Å². The second-order valence-corrected chi connectivity index (χ2v) is 7.58. The molecule has 0 N–H and O–H groups in total. The number of hydrogen-bond acceptors (Lipinski definition) is 7. The molecular weight excluding hydrogens is 420 g/mol. The summed E-state index contributed by atoms with van der Waals surface area (Å²) in [6.07, 6.45) is -0.185. The van der Waals surface area contributed by atoms with E-state index in [1.807, 2.05) is 30.3 Å². The average Bonchev–Trinajstić information content (AvgIpc) is 3.33. The second kappa shape index (κ2) is 9.91. The Kier molecular flexibility index (Phi) is 6.59. The topological polar surface area (TPSA) is 91.5 Å². The zero-order valence-electron chi connectivity index (χ0n) is 18.2. The molecule has 0 saturated carbocycles. The Morgan fingerprint density at radius 2 is 1.30 bits per heavy atom. The molecule has 0 spiro atoms. The summed E-state index contributed by atoms with van der Waals surface area (Å²) in [5.74, 6) is -0.0476. The van der Waals surface area contributed by atoms with E-state index < -0.39 is 5.97 Å². The molecule has 4 aromatic rings. The van der Waals surface area contributed by atoms with Crippen molar-refractivity contribution in [2.24, 2.45) is 0 Å². The summed E-state index contributed by atoms with van der Waals surface area (Å²) in [7, 11) is 0. The van der Waals surface area contributed by atoms with Gasteiger partial charge in [0.1, 0.15) is 6.61 Å². The van der Waals surface area contributed by atoms with Gasteiger partial charge >= 0.3 is 11.9 Å². The van der Waals surface area contributed by atoms with Gasteiger partial charge in [0.25, 0.3) is 0 Å². The van der Waals surface area contributed by atoms with Crippen molar-refractivity contribution in [2.75, 3.05) is 0 Å². The maximum Gasteiger partial charge on any atom is 0.338 e. The van der Waals surface area contributed by atoms with E-state index in [9.17, 15) is 9.59 Å². The van der Waals surface area contributed by atoms with Gasteiger partial charge in [0, 0.05) is 11.1 Å². The number of carbonyl (C=O) groups is 2. The fraction of sp³-hybridized carbons (Fsp3) is 0.154. The van der Waals surface area contributed by atoms with Crippen molar-refractivity contribution >= 4 is 11.9 Å². The zero-order chi connectivity index (χ0) is 23.2. The van der Waals surface area contributed by atoms with Crippen LogP contribution in [0.15, 0.2) is 83.3 Å². The average molecular weight is 442 g/mol. The van der Waals surface area contributed by atoms with Crippen LogP contribution in [0, 0.1) is 0 Å². The molecule has 0 fully saturated rings. The standard InChI is InChI=1S/C26H22N2O5/c1-17(2)32-26(30)22-10-8-18(9-11-22)16-31-25(29)21-14-12-20(13-15-21)24-28-27-23(33-24)19-6-4-3-5-7-19/h3-15,17H,16H2,1-2H3. The van der Waals surface area contributed by atoms with Crippen molar-refractivity contribution in [3.05, 3.63) is 95.6 Å².